The summed E-state index contributed by atoms with van der Waals surface area (Å²) in [6.45, 7) is 6.28. The molecule has 2 heteroatoms. The highest BCUT2D eigenvalue weighted by molar-refractivity contribution is 4.90. The first-order valence-electron chi connectivity index (χ1n) is 6.12. The van der Waals surface area contributed by atoms with Crippen LogP contribution in [-0.4, -0.2) is 37.1 Å². The maximum Gasteiger partial charge on any atom is 0.0156 e. The summed E-state index contributed by atoms with van der Waals surface area (Å²) in [6, 6.07) is 0. The van der Waals surface area contributed by atoms with E-state index < -0.39 is 0 Å². The molecular weight excluding hydrogens is 172 g/mol. The van der Waals surface area contributed by atoms with Gasteiger partial charge >= 0.3 is 0 Å². The minimum Gasteiger partial charge on any atom is -0.312 e. The van der Waals surface area contributed by atoms with Crippen LogP contribution in [0.2, 0.25) is 0 Å². The Bertz CT molecular complexity index is 185. The van der Waals surface area contributed by atoms with Crippen LogP contribution in [0.15, 0.2) is 0 Å². The van der Waals surface area contributed by atoms with E-state index in [2.05, 4.69) is 24.2 Å². The molecule has 14 heavy (non-hydrogen) atoms. The van der Waals surface area contributed by atoms with E-state index in [9.17, 15) is 0 Å². The average molecular weight is 196 g/mol. The number of nitrogens with zero attached hydrogens (tertiary/aromatic N) is 1. The summed E-state index contributed by atoms with van der Waals surface area (Å²) in [7, 11) is 2.25. The molecule has 0 saturated carbocycles. The highest BCUT2D eigenvalue weighted by Crippen LogP contribution is 2.30. The van der Waals surface area contributed by atoms with E-state index in [1.54, 1.807) is 0 Å². The predicted molar refractivity (Wildman–Crippen MR) is 60.5 cm³/mol. The smallest absolute Gasteiger partial charge is 0.0156 e. The van der Waals surface area contributed by atoms with E-state index in [-0.39, 0.29) is 0 Å². The Balaban J connectivity index is 1.83. The molecular formula is C12H24N2. The number of piperidine rings is 1. The highest BCUT2D eigenvalue weighted by atomic mass is 15.1. The first-order chi connectivity index (χ1) is 6.68. The predicted octanol–water partition coefficient (Wildman–Crippen LogP) is 1.86. The summed E-state index contributed by atoms with van der Waals surface area (Å²) in [5, 5.41) is 3.72. The third kappa shape index (κ3) is 2.48. The Morgan fingerprint density at radius 1 is 1.43 bits per heavy atom. The van der Waals surface area contributed by atoms with Crippen molar-refractivity contribution in [2.75, 3.05) is 26.7 Å². The minimum atomic E-state index is 0.452. The van der Waals surface area contributed by atoms with Crippen LogP contribution in [0.5, 0.6) is 0 Å². The molecule has 2 aliphatic rings. The Labute approximate surface area is 88.1 Å². The SMILES string of the molecule is CN1CCC(CC2(C)CCCCN2)C1. The van der Waals surface area contributed by atoms with Crippen molar-refractivity contribution in [3.8, 4) is 0 Å². The van der Waals surface area contributed by atoms with Crippen molar-refractivity contribution in [2.24, 2.45) is 5.92 Å². The quantitative estimate of drug-likeness (QED) is 0.725. The Kier molecular flexibility index (Phi) is 3.13. The van der Waals surface area contributed by atoms with Gasteiger partial charge in [-0.3, -0.25) is 0 Å². The Hall–Kier alpha value is -0.0800. The zero-order valence-electron chi connectivity index (χ0n) is 9.68. The summed E-state index contributed by atoms with van der Waals surface area (Å²) in [5.41, 5.74) is 0.452. The van der Waals surface area contributed by atoms with Gasteiger partial charge in [0.05, 0.1) is 0 Å². The molecule has 2 fully saturated rings. The van der Waals surface area contributed by atoms with Gasteiger partial charge in [0.1, 0.15) is 0 Å². The molecule has 2 unspecified atom stereocenters. The monoisotopic (exact) mass is 196 g/mol. The topological polar surface area (TPSA) is 15.3 Å². The van der Waals surface area contributed by atoms with E-state index in [0.29, 0.717) is 5.54 Å². The molecule has 0 amide bonds. The van der Waals surface area contributed by atoms with Gasteiger partial charge in [-0.05, 0) is 58.7 Å². The number of rotatable bonds is 2. The molecule has 82 valence electrons. The zero-order chi connectivity index (χ0) is 10.0. The lowest BCUT2D eigenvalue weighted by Gasteiger charge is -2.37. The number of nitrogens with one attached hydrogen (secondary N) is 1. The van der Waals surface area contributed by atoms with Crippen LogP contribution >= 0.6 is 0 Å². The van der Waals surface area contributed by atoms with Gasteiger partial charge in [0, 0.05) is 12.1 Å². The molecule has 2 atom stereocenters. The van der Waals surface area contributed by atoms with E-state index >= 15 is 0 Å². The van der Waals surface area contributed by atoms with Crippen molar-refractivity contribution >= 4 is 0 Å². The van der Waals surface area contributed by atoms with Gasteiger partial charge < -0.3 is 10.2 Å². The van der Waals surface area contributed by atoms with Gasteiger partial charge in [0.25, 0.3) is 0 Å². The molecule has 0 aliphatic carbocycles. The van der Waals surface area contributed by atoms with Gasteiger partial charge in [-0.25, -0.2) is 0 Å². The fourth-order valence-electron chi connectivity index (χ4n) is 3.12. The fraction of sp³-hybridized carbons (Fsp3) is 1.00. The Morgan fingerprint density at radius 2 is 2.29 bits per heavy atom. The number of hydrogen-bond acceptors (Lipinski definition) is 2. The molecule has 0 aromatic heterocycles. The van der Waals surface area contributed by atoms with Gasteiger partial charge in [-0.2, -0.15) is 0 Å². The standard InChI is InChI=1S/C12H24N2/c1-12(6-3-4-7-13-12)9-11-5-8-14(2)10-11/h11,13H,3-10H2,1-2H3. The van der Waals surface area contributed by atoms with Crippen molar-refractivity contribution in [1.82, 2.24) is 10.2 Å². The van der Waals surface area contributed by atoms with Crippen LogP contribution in [0, 0.1) is 5.92 Å². The van der Waals surface area contributed by atoms with E-state index in [0.717, 1.165) is 5.92 Å². The maximum atomic E-state index is 3.72. The molecule has 2 nitrogen and oxygen atoms in total. The molecule has 1 N–H and O–H groups in total. The first kappa shape index (κ1) is 10.4. The molecule has 0 aromatic rings. The molecule has 2 rings (SSSR count). The summed E-state index contributed by atoms with van der Waals surface area (Å²) in [4.78, 5) is 2.47. The van der Waals surface area contributed by atoms with Gasteiger partial charge in [0.15, 0.2) is 0 Å². The van der Waals surface area contributed by atoms with Crippen LogP contribution in [0.4, 0.5) is 0 Å². The molecule has 2 saturated heterocycles. The highest BCUT2D eigenvalue weighted by Gasteiger charge is 2.31. The third-order valence-electron chi connectivity index (χ3n) is 3.94. The van der Waals surface area contributed by atoms with Crippen molar-refractivity contribution in [3.05, 3.63) is 0 Å². The van der Waals surface area contributed by atoms with Crippen LogP contribution in [0.25, 0.3) is 0 Å². The van der Waals surface area contributed by atoms with Gasteiger partial charge in [0.2, 0.25) is 0 Å². The number of hydrogen-bond donors (Lipinski definition) is 1. The lowest BCUT2D eigenvalue weighted by Crippen LogP contribution is -2.47. The molecule has 2 aliphatic heterocycles. The summed E-state index contributed by atoms with van der Waals surface area (Å²) >= 11 is 0. The van der Waals surface area contributed by atoms with Crippen LogP contribution in [0.3, 0.4) is 0 Å². The fourth-order valence-corrected chi connectivity index (χ4v) is 3.12. The largest absolute Gasteiger partial charge is 0.312 e. The summed E-state index contributed by atoms with van der Waals surface area (Å²) in [6.07, 6.45) is 6.98. The maximum absolute atomic E-state index is 3.72. The second-order valence-corrected chi connectivity index (χ2v) is 5.57. The summed E-state index contributed by atoms with van der Waals surface area (Å²) in [5.74, 6) is 0.940. The summed E-state index contributed by atoms with van der Waals surface area (Å²) < 4.78 is 0. The zero-order valence-corrected chi connectivity index (χ0v) is 9.68. The van der Waals surface area contributed by atoms with Crippen molar-refractivity contribution in [2.45, 2.75) is 44.6 Å². The van der Waals surface area contributed by atoms with Crippen molar-refractivity contribution in [3.63, 3.8) is 0 Å². The van der Waals surface area contributed by atoms with Crippen LogP contribution in [-0.2, 0) is 0 Å². The molecule has 0 radical (unpaired) electrons. The average Bonchev–Trinajstić information content (AvgIpc) is 2.51. The van der Waals surface area contributed by atoms with E-state index in [1.165, 1.54) is 51.7 Å². The minimum absolute atomic E-state index is 0.452. The second kappa shape index (κ2) is 4.19. The van der Waals surface area contributed by atoms with Crippen LogP contribution < -0.4 is 5.32 Å². The lowest BCUT2D eigenvalue weighted by molar-refractivity contribution is 0.222. The second-order valence-electron chi connectivity index (χ2n) is 5.57. The molecule has 0 spiro atoms. The molecule has 0 aromatic carbocycles. The Morgan fingerprint density at radius 3 is 2.86 bits per heavy atom. The normalized spacial score (nSPS) is 40.3. The third-order valence-corrected chi connectivity index (χ3v) is 3.94. The lowest BCUT2D eigenvalue weighted by atomic mass is 9.82. The van der Waals surface area contributed by atoms with E-state index in [4.69, 9.17) is 0 Å². The van der Waals surface area contributed by atoms with Crippen molar-refractivity contribution in [1.29, 1.82) is 0 Å². The van der Waals surface area contributed by atoms with Gasteiger partial charge in [-0.1, -0.05) is 6.42 Å². The molecule has 2 heterocycles. The number of likely N-dealkylation sites (tertiary alicyclic amines) is 1. The van der Waals surface area contributed by atoms with Crippen molar-refractivity contribution < 1.29 is 0 Å². The van der Waals surface area contributed by atoms with Gasteiger partial charge in [-0.15, -0.1) is 0 Å². The van der Waals surface area contributed by atoms with Crippen LogP contribution in [0.1, 0.15) is 39.0 Å². The van der Waals surface area contributed by atoms with E-state index in [1.807, 2.05) is 0 Å². The first-order valence-corrected chi connectivity index (χ1v) is 6.12. The molecule has 0 bridgehead atoms.